The van der Waals surface area contributed by atoms with Crippen molar-refractivity contribution in [1.29, 1.82) is 0 Å². The molecule has 3 aromatic rings. The average Bonchev–Trinajstić information content (AvgIpc) is 2.96. The molecule has 0 aliphatic carbocycles. The number of benzene rings is 2. The third-order valence-corrected chi connectivity index (χ3v) is 3.96. The van der Waals surface area contributed by atoms with Crippen LogP contribution in [0.1, 0.15) is 12.5 Å². The summed E-state index contributed by atoms with van der Waals surface area (Å²) in [5.74, 6) is 1.08. The molecule has 0 atom stereocenters. The van der Waals surface area contributed by atoms with Crippen molar-refractivity contribution in [3.8, 4) is 11.6 Å². The number of fused-ring (bicyclic) bond motifs is 1. The lowest BCUT2D eigenvalue weighted by Crippen LogP contribution is -2.26. The zero-order valence-corrected chi connectivity index (χ0v) is 13.4. The van der Waals surface area contributed by atoms with Crippen LogP contribution in [-0.2, 0) is 6.61 Å². The molecule has 0 radical (unpaired) electrons. The first-order valence-corrected chi connectivity index (χ1v) is 8.05. The minimum absolute atomic E-state index is 0.325. The fraction of sp³-hybridized carbons (Fsp3) is 0.176. The van der Waals surface area contributed by atoms with Crippen LogP contribution in [0.5, 0.6) is 11.6 Å². The van der Waals surface area contributed by atoms with Crippen LogP contribution in [0.25, 0.3) is 10.1 Å². The van der Waals surface area contributed by atoms with Crippen molar-refractivity contribution >= 4 is 27.7 Å². The highest BCUT2D eigenvalue weighted by atomic mass is 32.1. The lowest BCUT2D eigenvalue weighted by atomic mass is 10.2. The van der Waals surface area contributed by atoms with Gasteiger partial charge in [0.2, 0.25) is 5.88 Å². The summed E-state index contributed by atoms with van der Waals surface area (Å²) < 4.78 is 16.1. The van der Waals surface area contributed by atoms with E-state index in [0.29, 0.717) is 19.0 Å². The Kier molecular flexibility index (Phi) is 4.73. The molecule has 23 heavy (non-hydrogen) atoms. The van der Waals surface area contributed by atoms with Crippen LogP contribution in [-0.4, -0.2) is 17.0 Å². The second-order valence-electron chi connectivity index (χ2n) is 4.84. The van der Waals surface area contributed by atoms with E-state index in [9.17, 15) is 4.79 Å². The van der Waals surface area contributed by atoms with Gasteiger partial charge in [0.1, 0.15) is 12.4 Å². The van der Waals surface area contributed by atoms with Crippen LogP contribution in [0.15, 0.2) is 48.5 Å². The molecule has 6 heteroatoms. The Labute approximate surface area is 138 Å². The van der Waals surface area contributed by atoms with E-state index in [1.807, 2.05) is 55.5 Å². The standard InChI is InChI=1S/C17H16N2O3S/c1-2-18-17(20)22-16-14-9-8-13(10-15(14)23-19-16)21-11-12-6-4-3-5-7-12/h3-10H,2,11H2,1H3,(H,18,20). The normalized spacial score (nSPS) is 10.5. The van der Waals surface area contributed by atoms with Gasteiger partial charge in [0.15, 0.2) is 0 Å². The molecule has 1 N–H and O–H groups in total. The highest BCUT2D eigenvalue weighted by Crippen LogP contribution is 2.31. The highest BCUT2D eigenvalue weighted by molar-refractivity contribution is 7.13. The topological polar surface area (TPSA) is 60.5 Å². The molecule has 0 spiro atoms. The minimum atomic E-state index is -0.496. The Morgan fingerprint density at radius 2 is 2.04 bits per heavy atom. The van der Waals surface area contributed by atoms with Gasteiger partial charge < -0.3 is 14.8 Å². The van der Waals surface area contributed by atoms with Gasteiger partial charge in [-0.2, -0.15) is 4.37 Å². The van der Waals surface area contributed by atoms with Crippen molar-refractivity contribution in [2.75, 3.05) is 6.54 Å². The van der Waals surface area contributed by atoms with Crippen molar-refractivity contribution in [3.63, 3.8) is 0 Å². The first-order chi connectivity index (χ1) is 11.3. The molecule has 0 aliphatic heterocycles. The van der Waals surface area contributed by atoms with E-state index in [2.05, 4.69) is 9.69 Å². The SMILES string of the molecule is CCNC(=O)Oc1nsc2cc(OCc3ccccc3)ccc12. The number of ether oxygens (including phenoxy) is 2. The Balaban J connectivity index is 1.71. The smallest absolute Gasteiger partial charge is 0.413 e. The van der Waals surface area contributed by atoms with Crippen molar-refractivity contribution in [1.82, 2.24) is 9.69 Å². The lowest BCUT2D eigenvalue weighted by molar-refractivity contribution is 0.200. The van der Waals surface area contributed by atoms with E-state index in [4.69, 9.17) is 9.47 Å². The number of carbonyl (C=O) groups excluding carboxylic acids is 1. The molecule has 0 saturated heterocycles. The zero-order valence-electron chi connectivity index (χ0n) is 12.6. The fourth-order valence-electron chi connectivity index (χ4n) is 2.07. The number of nitrogens with zero attached hydrogens (tertiary/aromatic N) is 1. The summed E-state index contributed by atoms with van der Waals surface area (Å²) in [6.07, 6.45) is -0.496. The van der Waals surface area contributed by atoms with Gasteiger partial charge in [-0.1, -0.05) is 30.3 Å². The number of hydrogen-bond donors (Lipinski definition) is 1. The van der Waals surface area contributed by atoms with Crippen molar-refractivity contribution in [2.24, 2.45) is 0 Å². The summed E-state index contributed by atoms with van der Waals surface area (Å²) in [4.78, 5) is 11.5. The second-order valence-corrected chi connectivity index (χ2v) is 5.64. The predicted octanol–water partition coefficient (Wildman–Crippen LogP) is 3.98. The summed E-state index contributed by atoms with van der Waals surface area (Å²) in [6.45, 7) is 2.85. The van der Waals surface area contributed by atoms with Crippen molar-refractivity contribution in [2.45, 2.75) is 13.5 Å². The number of rotatable bonds is 5. The molecular formula is C17H16N2O3S. The Hall–Kier alpha value is -2.60. The molecular weight excluding hydrogens is 312 g/mol. The molecule has 0 aliphatic rings. The molecule has 3 rings (SSSR count). The molecule has 0 fully saturated rings. The maximum atomic E-state index is 11.5. The van der Waals surface area contributed by atoms with E-state index in [0.717, 1.165) is 21.4 Å². The summed E-state index contributed by atoms with van der Waals surface area (Å²) in [7, 11) is 0. The summed E-state index contributed by atoms with van der Waals surface area (Å²) in [5.41, 5.74) is 1.11. The molecule has 0 unspecified atom stereocenters. The third kappa shape index (κ3) is 3.78. The molecule has 0 saturated carbocycles. The quantitative estimate of drug-likeness (QED) is 0.769. The van der Waals surface area contributed by atoms with Crippen LogP contribution < -0.4 is 14.8 Å². The molecule has 1 heterocycles. The second kappa shape index (κ2) is 7.11. The lowest BCUT2D eigenvalue weighted by Gasteiger charge is -2.06. The Bertz CT molecular complexity index is 802. The van der Waals surface area contributed by atoms with E-state index in [-0.39, 0.29) is 0 Å². The van der Waals surface area contributed by atoms with Crippen LogP contribution in [0.4, 0.5) is 4.79 Å². The number of amides is 1. The predicted molar refractivity (Wildman–Crippen MR) is 90.1 cm³/mol. The Morgan fingerprint density at radius 1 is 1.22 bits per heavy atom. The number of aromatic nitrogens is 1. The maximum Gasteiger partial charge on any atom is 0.413 e. The van der Waals surface area contributed by atoms with Crippen LogP contribution in [0, 0.1) is 0 Å². The molecule has 1 amide bonds. The van der Waals surface area contributed by atoms with E-state index in [1.54, 1.807) is 0 Å². The van der Waals surface area contributed by atoms with E-state index in [1.165, 1.54) is 11.5 Å². The Morgan fingerprint density at radius 3 is 2.83 bits per heavy atom. The van der Waals surface area contributed by atoms with Gasteiger partial charge in [-0.25, -0.2) is 4.79 Å². The fourth-order valence-corrected chi connectivity index (χ4v) is 2.81. The molecule has 0 bridgehead atoms. The third-order valence-electron chi connectivity index (χ3n) is 3.17. The molecule has 2 aromatic carbocycles. The van der Waals surface area contributed by atoms with Crippen molar-refractivity contribution in [3.05, 3.63) is 54.1 Å². The monoisotopic (exact) mass is 328 g/mol. The van der Waals surface area contributed by atoms with Gasteiger partial charge in [0.05, 0.1) is 10.1 Å². The van der Waals surface area contributed by atoms with Crippen LogP contribution in [0.3, 0.4) is 0 Å². The van der Waals surface area contributed by atoms with Gasteiger partial charge in [0.25, 0.3) is 0 Å². The van der Waals surface area contributed by atoms with Crippen LogP contribution in [0.2, 0.25) is 0 Å². The first kappa shape index (κ1) is 15.3. The van der Waals surface area contributed by atoms with Gasteiger partial charge in [-0.3, -0.25) is 0 Å². The minimum Gasteiger partial charge on any atom is -0.489 e. The first-order valence-electron chi connectivity index (χ1n) is 7.28. The van der Waals surface area contributed by atoms with Gasteiger partial charge in [-0.05, 0) is 42.2 Å². The maximum absolute atomic E-state index is 11.5. The number of hydrogen-bond acceptors (Lipinski definition) is 5. The number of nitrogens with one attached hydrogen (secondary N) is 1. The summed E-state index contributed by atoms with van der Waals surface area (Å²) >= 11 is 1.27. The molecule has 1 aromatic heterocycles. The molecule has 118 valence electrons. The van der Waals surface area contributed by atoms with Crippen molar-refractivity contribution < 1.29 is 14.3 Å². The summed E-state index contributed by atoms with van der Waals surface area (Å²) in [5, 5.41) is 3.38. The zero-order chi connectivity index (χ0) is 16.1. The van der Waals surface area contributed by atoms with Gasteiger partial charge >= 0.3 is 6.09 Å². The summed E-state index contributed by atoms with van der Waals surface area (Å²) in [6, 6.07) is 15.6. The number of carbonyl (C=O) groups is 1. The van der Waals surface area contributed by atoms with Gasteiger partial charge in [-0.15, -0.1) is 0 Å². The largest absolute Gasteiger partial charge is 0.489 e. The van der Waals surface area contributed by atoms with E-state index < -0.39 is 6.09 Å². The van der Waals surface area contributed by atoms with Crippen LogP contribution >= 0.6 is 11.5 Å². The van der Waals surface area contributed by atoms with E-state index >= 15 is 0 Å². The molecule has 5 nitrogen and oxygen atoms in total. The average molecular weight is 328 g/mol. The highest BCUT2D eigenvalue weighted by Gasteiger charge is 2.12. The van der Waals surface area contributed by atoms with Gasteiger partial charge in [0, 0.05) is 6.54 Å².